The van der Waals surface area contributed by atoms with E-state index in [1.54, 1.807) is 6.92 Å². The van der Waals surface area contributed by atoms with Crippen molar-refractivity contribution >= 4 is 21.8 Å². The van der Waals surface area contributed by atoms with Crippen LogP contribution in [0.3, 0.4) is 0 Å². The summed E-state index contributed by atoms with van der Waals surface area (Å²) in [6, 6.07) is 9.01. The predicted molar refractivity (Wildman–Crippen MR) is 141 cm³/mol. The predicted octanol–water partition coefficient (Wildman–Crippen LogP) is 4.49. The number of rotatable bonds is 9. The Balaban J connectivity index is 1.41. The monoisotopic (exact) mass is 580 g/mol. The second kappa shape index (κ2) is 10.1. The molecular formula is C28H32F4N4O3S. The van der Waals surface area contributed by atoms with E-state index in [-0.39, 0.29) is 35.7 Å². The molecule has 7 nitrogen and oxygen atoms in total. The molecule has 4 aliphatic rings. The van der Waals surface area contributed by atoms with Crippen LogP contribution in [0.25, 0.3) is 0 Å². The van der Waals surface area contributed by atoms with Crippen molar-refractivity contribution < 1.29 is 30.8 Å². The molecule has 40 heavy (non-hydrogen) atoms. The van der Waals surface area contributed by atoms with Crippen molar-refractivity contribution in [2.24, 2.45) is 16.8 Å². The number of halogens is 4. The summed E-state index contributed by atoms with van der Waals surface area (Å²) in [5, 5.41) is 6.20. The fraction of sp³-hybridized carbons (Fsp3) is 0.500. The normalized spacial score (nSPS) is 27.7. The van der Waals surface area contributed by atoms with E-state index in [9.17, 15) is 30.8 Å². The van der Waals surface area contributed by atoms with Crippen molar-refractivity contribution in [1.82, 2.24) is 14.9 Å². The molecule has 3 fully saturated rings. The molecular weight excluding hydrogens is 548 g/mol. The van der Waals surface area contributed by atoms with E-state index in [0.29, 0.717) is 37.2 Å². The summed E-state index contributed by atoms with van der Waals surface area (Å²) in [7, 11) is -4.13. The lowest BCUT2D eigenvalue weighted by molar-refractivity contribution is -0.137. The number of nitrogens with one attached hydrogen (secondary N) is 2. The Morgan fingerprint density at radius 3 is 2.35 bits per heavy atom. The number of amidine groups is 1. The third-order valence-electron chi connectivity index (χ3n) is 8.35. The highest BCUT2D eigenvalue weighted by Crippen LogP contribution is 2.60. The van der Waals surface area contributed by atoms with Crippen molar-refractivity contribution in [1.29, 1.82) is 0 Å². The first-order valence-electron chi connectivity index (χ1n) is 13.3. The average molecular weight is 581 g/mol. The molecule has 0 unspecified atom stereocenters. The highest BCUT2D eigenvalue weighted by molar-refractivity contribution is 7.89. The molecule has 0 spiro atoms. The Bertz CT molecular complexity index is 1400. The van der Waals surface area contributed by atoms with Gasteiger partial charge in [-0.2, -0.15) is 17.5 Å². The maximum atomic E-state index is 13.9. The highest BCUT2D eigenvalue weighted by Gasteiger charge is 2.63. The van der Waals surface area contributed by atoms with Crippen molar-refractivity contribution in [2.75, 3.05) is 13.1 Å². The lowest BCUT2D eigenvalue weighted by atomic mass is 9.76. The summed E-state index contributed by atoms with van der Waals surface area (Å²) in [6.07, 6.45) is -2.14. The third kappa shape index (κ3) is 5.11. The minimum Gasteiger partial charge on any atom is -0.358 e. The third-order valence-corrected chi connectivity index (χ3v) is 10.3. The molecule has 1 amide bonds. The lowest BCUT2D eigenvalue weighted by Gasteiger charge is -2.46. The molecule has 0 aromatic heterocycles. The van der Waals surface area contributed by atoms with Crippen molar-refractivity contribution in [3.8, 4) is 0 Å². The van der Waals surface area contributed by atoms with Crippen LogP contribution < -0.4 is 10.6 Å². The summed E-state index contributed by atoms with van der Waals surface area (Å²) in [4.78, 5) is 17.3. The van der Waals surface area contributed by atoms with E-state index < -0.39 is 38.7 Å². The first-order valence-corrected chi connectivity index (χ1v) is 14.8. The molecule has 2 N–H and O–H groups in total. The number of benzene rings is 2. The maximum Gasteiger partial charge on any atom is 0.416 e. The molecule has 0 radical (unpaired) electrons. The van der Waals surface area contributed by atoms with Gasteiger partial charge in [0.1, 0.15) is 17.2 Å². The zero-order valence-corrected chi connectivity index (χ0v) is 23.1. The molecule has 0 saturated heterocycles. The van der Waals surface area contributed by atoms with Crippen LogP contribution in [0.4, 0.5) is 17.6 Å². The van der Waals surface area contributed by atoms with E-state index in [4.69, 9.17) is 0 Å². The summed E-state index contributed by atoms with van der Waals surface area (Å²) in [6.45, 7) is 4.46. The van der Waals surface area contributed by atoms with Crippen LogP contribution in [0.15, 0.2) is 58.4 Å². The maximum absolute atomic E-state index is 13.9. The van der Waals surface area contributed by atoms with Gasteiger partial charge in [-0.25, -0.2) is 12.8 Å². The van der Waals surface area contributed by atoms with Gasteiger partial charge in [0.25, 0.3) is 0 Å². The molecule has 2 aromatic carbocycles. The first-order chi connectivity index (χ1) is 18.8. The van der Waals surface area contributed by atoms with E-state index in [1.807, 2.05) is 6.92 Å². The molecule has 3 aliphatic carbocycles. The SMILES string of the molecule is CCCNC(=O)[C@@]1(C)CN=C([C@H]2CC3(N(Cc4ccc(C(F)(F)F)cc4)S(=O)(=O)c4ccc(F)cc4)CC2C3)N1. The van der Waals surface area contributed by atoms with Crippen LogP contribution in [-0.2, 0) is 27.5 Å². The zero-order chi connectivity index (χ0) is 28.9. The van der Waals surface area contributed by atoms with Gasteiger partial charge in [-0.05, 0) is 80.5 Å². The van der Waals surface area contributed by atoms with Crippen LogP contribution in [0, 0.1) is 17.7 Å². The van der Waals surface area contributed by atoms with Gasteiger partial charge in [0.2, 0.25) is 15.9 Å². The van der Waals surface area contributed by atoms with Crippen molar-refractivity contribution in [3.63, 3.8) is 0 Å². The highest BCUT2D eigenvalue weighted by atomic mass is 32.2. The Labute approximate surface area is 231 Å². The Hall–Kier alpha value is -2.99. The zero-order valence-electron chi connectivity index (χ0n) is 22.3. The fourth-order valence-corrected chi connectivity index (χ4v) is 7.94. The second-order valence-electron chi connectivity index (χ2n) is 11.3. The van der Waals surface area contributed by atoms with Crippen molar-refractivity contribution in [3.05, 3.63) is 65.5 Å². The van der Waals surface area contributed by atoms with E-state index in [1.165, 1.54) is 28.6 Å². The molecule has 1 aliphatic heterocycles. The molecule has 1 heterocycles. The second-order valence-corrected chi connectivity index (χ2v) is 13.1. The van der Waals surface area contributed by atoms with Gasteiger partial charge in [-0.15, -0.1) is 0 Å². The number of carbonyl (C=O) groups is 1. The summed E-state index contributed by atoms with van der Waals surface area (Å²) in [5.41, 5.74) is -2.07. The van der Waals surface area contributed by atoms with Crippen LogP contribution in [0.2, 0.25) is 0 Å². The average Bonchev–Trinajstić information content (AvgIpc) is 3.58. The Morgan fingerprint density at radius 1 is 1.10 bits per heavy atom. The van der Waals surface area contributed by atoms with E-state index in [2.05, 4.69) is 15.6 Å². The Kier molecular flexibility index (Phi) is 7.23. The van der Waals surface area contributed by atoms with E-state index >= 15 is 0 Å². The molecule has 2 aromatic rings. The summed E-state index contributed by atoms with van der Waals surface area (Å²) < 4.78 is 82.2. The van der Waals surface area contributed by atoms with Gasteiger partial charge in [-0.3, -0.25) is 9.79 Å². The summed E-state index contributed by atoms with van der Waals surface area (Å²) in [5.74, 6) is 0.0284. The van der Waals surface area contributed by atoms with Crippen molar-refractivity contribution in [2.45, 2.75) is 68.2 Å². The molecule has 2 atom stereocenters. The molecule has 2 bridgehead atoms. The summed E-state index contributed by atoms with van der Waals surface area (Å²) >= 11 is 0. The number of alkyl halides is 3. The van der Waals surface area contributed by atoms with Crippen LogP contribution >= 0.6 is 0 Å². The molecule has 3 saturated carbocycles. The topological polar surface area (TPSA) is 90.9 Å². The largest absolute Gasteiger partial charge is 0.416 e. The van der Waals surface area contributed by atoms with Gasteiger partial charge in [0.05, 0.1) is 17.0 Å². The number of sulfonamides is 1. The van der Waals surface area contributed by atoms with Crippen LogP contribution in [-0.4, -0.2) is 48.6 Å². The van der Waals surface area contributed by atoms with Gasteiger partial charge in [0.15, 0.2) is 0 Å². The number of hydrogen-bond donors (Lipinski definition) is 2. The standard InChI is InChI=1S/C28H32F4N4O3S/c1-3-12-33-25(37)26(2)17-34-24(35-26)23-15-27(13-19(23)14-27)36(40(38,39)22-10-8-21(29)9-11-22)16-18-4-6-20(7-5-18)28(30,31)32/h4-11,19,23H,3,12-17H2,1-2H3,(H,33,37)(H,34,35)/t19?,23-,26+,27?/m0/s1. The molecule has 216 valence electrons. The Morgan fingerprint density at radius 2 is 1.75 bits per heavy atom. The molecule has 6 rings (SSSR count). The number of amides is 1. The van der Waals surface area contributed by atoms with Crippen LogP contribution in [0.5, 0.6) is 0 Å². The van der Waals surface area contributed by atoms with Gasteiger partial charge < -0.3 is 10.6 Å². The number of fused-ring (bicyclic) bond motifs is 1. The van der Waals surface area contributed by atoms with Gasteiger partial charge in [-0.1, -0.05) is 19.1 Å². The lowest BCUT2D eigenvalue weighted by Crippen LogP contribution is -2.56. The minimum atomic E-state index is -4.51. The molecule has 12 heteroatoms. The number of aliphatic imine (C=N–C) groups is 1. The number of nitrogens with zero attached hydrogens (tertiary/aromatic N) is 2. The minimum absolute atomic E-state index is 0.0840. The van der Waals surface area contributed by atoms with Gasteiger partial charge >= 0.3 is 6.18 Å². The quantitative estimate of drug-likeness (QED) is 0.428. The van der Waals surface area contributed by atoms with Gasteiger partial charge in [0, 0.05) is 24.5 Å². The number of carbonyl (C=O) groups excluding carboxylic acids is 1. The smallest absolute Gasteiger partial charge is 0.358 e. The fourth-order valence-electron chi connectivity index (χ4n) is 6.15. The number of hydrogen-bond acceptors (Lipinski definition) is 5. The van der Waals surface area contributed by atoms with Crippen LogP contribution in [0.1, 0.15) is 50.7 Å². The first kappa shape index (κ1) is 28.5. The van der Waals surface area contributed by atoms with E-state index in [0.717, 1.165) is 30.7 Å².